The summed E-state index contributed by atoms with van der Waals surface area (Å²) in [5.41, 5.74) is 7.84. The fourth-order valence-electron chi connectivity index (χ4n) is 1.54. The Balaban J connectivity index is 2.48. The second-order valence-corrected chi connectivity index (χ2v) is 4.60. The number of rotatable bonds is 5. The summed E-state index contributed by atoms with van der Waals surface area (Å²) in [7, 11) is 0. The molecule has 104 valence electrons. The second kappa shape index (κ2) is 7.41. The first-order valence-electron chi connectivity index (χ1n) is 6.46. The summed E-state index contributed by atoms with van der Waals surface area (Å²) in [4.78, 5) is 15.4. The third-order valence-corrected chi connectivity index (χ3v) is 2.48. The molecular formula is C14H22N4O. The van der Waals surface area contributed by atoms with Gasteiger partial charge in [0.05, 0.1) is 0 Å². The number of carbonyl (C=O) groups is 1. The summed E-state index contributed by atoms with van der Waals surface area (Å²) in [6, 6.07) is 8.05. The fraction of sp³-hybridized carbons (Fsp3) is 0.429. The lowest BCUT2D eigenvalue weighted by atomic mass is 10.1. The Kier molecular flexibility index (Phi) is 5.85. The molecule has 0 bridgehead atoms. The van der Waals surface area contributed by atoms with Crippen molar-refractivity contribution in [1.29, 1.82) is 0 Å². The van der Waals surface area contributed by atoms with Crippen LogP contribution in [-0.4, -0.2) is 24.5 Å². The molecule has 0 aliphatic heterocycles. The molecule has 1 aromatic carbocycles. The summed E-state index contributed by atoms with van der Waals surface area (Å²) in [6.07, 6.45) is 0.999. The number of aryl methyl sites for hydroxylation is 1. The quantitative estimate of drug-likeness (QED) is 0.556. The minimum atomic E-state index is -0.138. The van der Waals surface area contributed by atoms with Crippen molar-refractivity contribution in [1.82, 2.24) is 5.32 Å². The summed E-state index contributed by atoms with van der Waals surface area (Å²) in [6.45, 7) is 5.94. The van der Waals surface area contributed by atoms with Gasteiger partial charge in [0, 0.05) is 11.7 Å². The monoisotopic (exact) mass is 262 g/mol. The summed E-state index contributed by atoms with van der Waals surface area (Å²) < 4.78 is 0. The lowest BCUT2D eigenvalue weighted by molar-refractivity contribution is -0.120. The van der Waals surface area contributed by atoms with Crippen LogP contribution in [0.3, 0.4) is 0 Å². The lowest BCUT2D eigenvalue weighted by Gasteiger charge is -2.08. The van der Waals surface area contributed by atoms with Gasteiger partial charge in [0.1, 0.15) is 6.54 Å². The number of nitrogens with one attached hydrogen (secondary N) is 2. The van der Waals surface area contributed by atoms with E-state index in [1.807, 2.05) is 38.1 Å². The standard InChI is InChI=1S/C14H22N4O/c1-4-11-5-7-12(8-6-11)18-14(15)16-9-13(19)17-10(2)3/h5-8,10H,4,9H2,1-3H3,(H,17,19)(H3,15,16,18). The van der Waals surface area contributed by atoms with Crippen LogP contribution in [-0.2, 0) is 11.2 Å². The van der Waals surface area contributed by atoms with Gasteiger partial charge in [-0.2, -0.15) is 0 Å². The maximum atomic E-state index is 11.4. The van der Waals surface area contributed by atoms with E-state index in [-0.39, 0.29) is 24.5 Å². The summed E-state index contributed by atoms with van der Waals surface area (Å²) in [5.74, 6) is 0.101. The van der Waals surface area contributed by atoms with E-state index in [2.05, 4.69) is 22.5 Å². The first kappa shape index (κ1) is 15.0. The van der Waals surface area contributed by atoms with Crippen LogP contribution in [0.2, 0.25) is 0 Å². The number of hydrogen-bond acceptors (Lipinski definition) is 2. The van der Waals surface area contributed by atoms with Crippen molar-refractivity contribution in [3.8, 4) is 0 Å². The average molecular weight is 262 g/mol. The highest BCUT2D eigenvalue weighted by Gasteiger charge is 2.02. The molecule has 0 saturated heterocycles. The molecule has 0 aromatic heterocycles. The molecule has 1 amide bonds. The van der Waals surface area contributed by atoms with Gasteiger partial charge < -0.3 is 16.4 Å². The zero-order valence-electron chi connectivity index (χ0n) is 11.7. The SMILES string of the molecule is CCc1ccc(NC(N)=NCC(=O)NC(C)C)cc1. The number of carbonyl (C=O) groups excluding carboxylic acids is 1. The van der Waals surface area contributed by atoms with Crippen LogP contribution >= 0.6 is 0 Å². The third-order valence-electron chi connectivity index (χ3n) is 2.48. The zero-order valence-corrected chi connectivity index (χ0v) is 11.7. The number of guanidine groups is 1. The van der Waals surface area contributed by atoms with E-state index in [0.717, 1.165) is 12.1 Å². The number of aliphatic imine (C=N–C) groups is 1. The molecular weight excluding hydrogens is 240 g/mol. The molecule has 0 unspecified atom stereocenters. The Morgan fingerprint density at radius 3 is 2.47 bits per heavy atom. The van der Waals surface area contributed by atoms with Crippen LogP contribution in [0.1, 0.15) is 26.3 Å². The van der Waals surface area contributed by atoms with Crippen LogP contribution in [0.4, 0.5) is 5.69 Å². The zero-order chi connectivity index (χ0) is 14.3. The second-order valence-electron chi connectivity index (χ2n) is 4.60. The maximum Gasteiger partial charge on any atom is 0.242 e. The predicted octanol–water partition coefficient (Wildman–Crippen LogP) is 1.50. The van der Waals surface area contributed by atoms with Crippen molar-refractivity contribution in [2.75, 3.05) is 11.9 Å². The van der Waals surface area contributed by atoms with E-state index in [1.165, 1.54) is 5.56 Å². The molecule has 0 fully saturated rings. The number of benzene rings is 1. The Labute approximate surface area is 114 Å². The van der Waals surface area contributed by atoms with E-state index in [0.29, 0.717) is 0 Å². The summed E-state index contributed by atoms with van der Waals surface area (Å²) >= 11 is 0. The van der Waals surface area contributed by atoms with Crippen molar-refractivity contribution < 1.29 is 4.79 Å². The van der Waals surface area contributed by atoms with Gasteiger partial charge in [-0.3, -0.25) is 4.79 Å². The van der Waals surface area contributed by atoms with Crippen molar-refractivity contribution in [3.05, 3.63) is 29.8 Å². The van der Waals surface area contributed by atoms with Gasteiger partial charge in [-0.05, 0) is 38.0 Å². The molecule has 1 rings (SSSR count). The molecule has 0 radical (unpaired) electrons. The molecule has 5 nitrogen and oxygen atoms in total. The Bertz CT molecular complexity index is 437. The largest absolute Gasteiger partial charge is 0.370 e. The Morgan fingerprint density at radius 2 is 1.95 bits per heavy atom. The number of nitrogens with zero attached hydrogens (tertiary/aromatic N) is 1. The molecule has 5 heteroatoms. The van der Waals surface area contributed by atoms with Crippen LogP contribution in [0.25, 0.3) is 0 Å². The first-order chi connectivity index (χ1) is 9.01. The van der Waals surface area contributed by atoms with Crippen molar-refractivity contribution >= 4 is 17.6 Å². The van der Waals surface area contributed by atoms with E-state index >= 15 is 0 Å². The molecule has 0 atom stereocenters. The molecule has 4 N–H and O–H groups in total. The molecule has 0 heterocycles. The summed E-state index contributed by atoms with van der Waals surface area (Å²) in [5, 5.41) is 5.70. The fourth-order valence-corrected chi connectivity index (χ4v) is 1.54. The van der Waals surface area contributed by atoms with Gasteiger partial charge in [0.2, 0.25) is 5.91 Å². The maximum absolute atomic E-state index is 11.4. The highest BCUT2D eigenvalue weighted by Crippen LogP contribution is 2.09. The molecule has 1 aromatic rings. The van der Waals surface area contributed by atoms with Gasteiger partial charge in [-0.25, -0.2) is 4.99 Å². The van der Waals surface area contributed by atoms with Crippen LogP contribution in [0.15, 0.2) is 29.3 Å². The molecule has 0 aliphatic carbocycles. The Morgan fingerprint density at radius 1 is 1.32 bits per heavy atom. The minimum absolute atomic E-state index is 0.0318. The third kappa shape index (κ3) is 5.90. The van der Waals surface area contributed by atoms with Crippen LogP contribution in [0, 0.1) is 0 Å². The van der Waals surface area contributed by atoms with E-state index < -0.39 is 0 Å². The molecule has 0 aliphatic rings. The smallest absolute Gasteiger partial charge is 0.242 e. The van der Waals surface area contributed by atoms with Gasteiger partial charge >= 0.3 is 0 Å². The van der Waals surface area contributed by atoms with Crippen molar-refractivity contribution in [2.24, 2.45) is 10.7 Å². The van der Waals surface area contributed by atoms with Gasteiger partial charge in [0.25, 0.3) is 0 Å². The Hall–Kier alpha value is -2.04. The highest BCUT2D eigenvalue weighted by atomic mass is 16.1. The minimum Gasteiger partial charge on any atom is -0.370 e. The first-order valence-corrected chi connectivity index (χ1v) is 6.46. The number of amides is 1. The highest BCUT2D eigenvalue weighted by molar-refractivity contribution is 5.93. The molecule has 0 spiro atoms. The molecule has 0 saturated carbocycles. The number of nitrogens with two attached hydrogens (primary N) is 1. The van der Waals surface area contributed by atoms with E-state index in [1.54, 1.807) is 0 Å². The predicted molar refractivity (Wildman–Crippen MR) is 79.2 cm³/mol. The normalized spacial score (nSPS) is 11.5. The van der Waals surface area contributed by atoms with E-state index in [4.69, 9.17) is 5.73 Å². The average Bonchev–Trinajstić information content (AvgIpc) is 2.36. The number of anilines is 1. The molecule has 19 heavy (non-hydrogen) atoms. The van der Waals surface area contributed by atoms with E-state index in [9.17, 15) is 4.79 Å². The van der Waals surface area contributed by atoms with Crippen LogP contribution < -0.4 is 16.4 Å². The van der Waals surface area contributed by atoms with Gasteiger partial charge in [0.15, 0.2) is 5.96 Å². The van der Waals surface area contributed by atoms with Crippen molar-refractivity contribution in [2.45, 2.75) is 33.2 Å². The van der Waals surface area contributed by atoms with Crippen LogP contribution in [0.5, 0.6) is 0 Å². The van der Waals surface area contributed by atoms with Gasteiger partial charge in [-0.15, -0.1) is 0 Å². The topological polar surface area (TPSA) is 79.5 Å². The van der Waals surface area contributed by atoms with Gasteiger partial charge in [-0.1, -0.05) is 19.1 Å². The number of hydrogen-bond donors (Lipinski definition) is 3. The lowest BCUT2D eigenvalue weighted by Crippen LogP contribution is -2.33. The van der Waals surface area contributed by atoms with Crippen molar-refractivity contribution in [3.63, 3.8) is 0 Å².